The lowest BCUT2D eigenvalue weighted by molar-refractivity contribution is 0.101. The summed E-state index contributed by atoms with van der Waals surface area (Å²) in [6.07, 6.45) is 3.35. The number of carbonyl (C=O) groups is 1. The quantitative estimate of drug-likeness (QED) is 0.745. The third-order valence-corrected chi connectivity index (χ3v) is 3.26. The van der Waals surface area contributed by atoms with Crippen LogP contribution < -0.4 is 0 Å². The summed E-state index contributed by atoms with van der Waals surface area (Å²) in [5.74, 6) is 0.0894. The van der Waals surface area contributed by atoms with E-state index in [1.165, 1.54) is 0 Å². The fraction of sp³-hybridized carbons (Fsp3) is 0.188. The molecule has 0 spiro atoms. The summed E-state index contributed by atoms with van der Waals surface area (Å²) in [4.78, 5) is 12.5. The van der Waals surface area contributed by atoms with Gasteiger partial charge in [-0.3, -0.25) is 4.79 Å². The minimum absolute atomic E-state index is 0.0894. The van der Waals surface area contributed by atoms with E-state index in [9.17, 15) is 4.79 Å². The average Bonchev–Trinajstić information content (AvgIpc) is 2.47. The minimum atomic E-state index is 0.0894. The van der Waals surface area contributed by atoms with Crippen LogP contribution >= 0.6 is 0 Å². The van der Waals surface area contributed by atoms with E-state index in [1.54, 1.807) is 6.26 Å². The molecule has 1 heterocycles. The molecule has 0 N–H and O–H groups in total. The summed E-state index contributed by atoms with van der Waals surface area (Å²) in [6, 6.07) is 13.8. The van der Waals surface area contributed by atoms with Crippen LogP contribution in [0.5, 0.6) is 0 Å². The summed E-state index contributed by atoms with van der Waals surface area (Å²) in [5.41, 5.74) is 1.54. The molecule has 1 aliphatic heterocycles. The van der Waals surface area contributed by atoms with Crippen molar-refractivity contribution in [1.29, 1.82) is 0 Å². The van der Waals surface area contributed by atoms with Crippen molar-refractivity contribution in [3.05, 3.63) is 59.9 Å². The van der Waals surface area contributed by atoms with Crippen molar-refractivity contribution in [3.63, 3.8) is 0 Å². The van der Waals surface area contributed by atoms with E-state index in [-0.39, 0.29) is 5.78 Å². The lowest BCUT2D eigenvalue weighted by atomic mass is 9.95. The van der Waals surface area contributed by atoms with Crippen molar-refractivity contribution >= 4 is 16.6 Å². The monoisotopic (exact) mass is 238 g/mol. The number of Topliss-reactive ketones (excluding diaryl/α,β-unsaturated/α-hetero) is 1. The molecule has 0 amide bonds. The molecule has 0 fully saturated rings. The smallest absolute Gasteiger partial charge is 0.192 e. The Morgan fingerprint density at radius 2 is 1.89 bits per heavy atom. The van der Waals surface area contributed by atoms with Gasteiger partial charge in [0.05, 0.1) is 12.9 Å². The molecule has 0 atom stereocenters. The van der Waals surface area contributed by atoms with Crippen LogP contribution in [-0.4, -0.2) is 12.4 Å². The molecule has 2 aromatic rings. The highest BCUT2D eigenvalue weighted by Crippen LogP contribution is 2.24. The van der Waals surface area contributed by atoms with Gasteiger partial charge in [0.25, 0.3) is 0 Å². The van der Waals surface area contributed by atoms with Gasteiger partial charge in [0.15, 0.2) is 5.78 Å². The fourth-order valence-electron chi connectivity index (χ4n) is 2.33. The second-order valence-corrected chi connectivity index (χ2v) is 4.47. The summed E-state index contributed by atoms with van der Waals surface area (Å²) in [6.45, 7) is 0.715. The van der Waals surface area contributed by atoms with Crippen LogP contribution in [0.15, 0.2) is 54.3 Å². The van der Waals surface area contributed by atoms with Crippen LogP contribution in [-0.2, 0) is 4.74 Å². The molecule has 18 heavy (non-hydrogen) atoms. The predicted molar refractivity (Wildman–Crippen MR) is 71.5 cm³/mol. The highest BCUT2D eigenvalue weighted by molar-refractivity contribution is 6.16. The van der Waals surface area contributed by atoms with Gasteiger partial charge in [-0.25, -0.2) is 0 Å². The summed E-state index contributed by atoms with van der Waals surface area (Å²) in [5, 5.41) is 2.11. The summed E-state index contributed by atoms with van der Waals surface area (Å²) in [7, 11) is 0. The number of fused-ring (bicyclic) bond motifs is 1. The number of ether oxygens (including phenoxy) is 1. The van der Waals surface area contributed by atoms with Crippen molar-refractivity contribution in [3.8, 4) is 0 Å². The van der Waals surface area contributed by atoms with E-state index in [4.69, 9.17) is 4.74 Å². The molecule has 0 aromatic heterocycles. The summed E-state index contributed by atoms with van der Waals surface area (Å²) < 4.78 is 5.25. The second-order valence-electron chi connectivity index (χ2n) is 4.47. The molecule has 0 unspecified atom stereocenters. The van der Waals surface area contributed by atoms with E-state index < -0.39 is 0 Å². The van der Waals surface area contributed by atoms with Gasteiger partial charge in [0, 0.05) is 11.1 Å². The van der Waals surface area contributed by atoms with Gasteiger partial charge in [0.2, 0.25) is 0 Å². The van der Waals surface area contributed by atoms with Crippen molar-refractivity contribution in [2.45, 2.75) is 12.8 Å². The Morgan fingerprint density at radius 3 is 2.72 bits per heavy atom. The molecule has 2 aromatic carbocycles. The first-order valence-electron chi connectivity index (χ1n) is 6.19. The Bertz CT molecular complexity index is 621. The average molecular weight is 238 g/mol. The SMILES string of the molecule is O=C(C1=COCCC1)c1cccc2ccccc12. The van der Waals surface area contributed by atoms with Crippen molar-refractivity contribution in [1.82, 2.24) is 0 Å². The van der Waals surface area contributed by atoms with Crippen LogP contribution in [0.25, 0.3) is 10.8 Å². The van der Waals surface area contributed by atoms with Crippen LogP contribution in [0.4, 0.5) is 0 Å². The first-order chi connectivity index (χ1) is 8.86. The molecule has 0 aliphatic carbocycles. The molecule has 90 valence electrons. The minimum Gasteiger partial charge on any atom is -0.501 e. The van der Waals surface area contributed by atoms with Crippen LogP contribution in [0.2, 0.25) is 0 Å². The Kier molecular flexibility index (Phi) is 2.85. The number of rotatable bonds is 2. The van der Waals surface area contributed by atoms with Crippen molar-refractivity contribution in [2.75, 3.05) is 6.61 Å². The zero-order valence-electron chi connectivity index (χ0n) is 10.1. The van der Waals surface area contributed by atoms with E-state index >= 15 is 0 Å². The highest BCUT2D eigenvalue weighted by atomic mass is 16.5. The summed E-state index contributed by atoms with van der Waals surface area (Å²) >= 11 is 0. The topological polar surface area (TPSA) is 26.3 Å². The number of ketones is 1. The van der Waals surface area contributed by atoms with Gasteiger partial charge in [-0.15, -0.1) is 0 Å². The van der Waals surface area contributed by atoms with Crippen LogP contribution in [0.3, 0.4) is 0 Å². The molecule has 2 nitrogen and oxygen atoms in total. The Balaban J connectivity index is 2.09. The van der Waals surface area contributed by atoms with E-state index in [1.807, 2.05) is 42.5 Å². The molecular formula is C16H14O2. The number of allylic oxidation sites excluding steroid dienone is 1. The Morgan fingerprint density at radius 1 is 1.06 bits per heavy atom. The molecule has 0 radical (unpaired) electrons. The zero-order valence-corrected chi connectivity index (χ0v) is 10.1. The first-order valence-corrected chi connectivity index (χ1v) is 6.19. The van der Waals surface area contributed by atoms with E-state index in [2.05, 4.69) is 0 Å². The standard InChI is InChI=1S/C16H14O2/c17-16(13-7-4-10-18-11-13)15-9-3-6-12-5-1-2-8-14(12)15/h1-3,5-6,8-9,11H,4,7,10H2. The number of carbonyl (C=O) groups excluding carboxylic acids is 1. The Labute approximate surface area is 106 Å². The predicted octanol–water partition coefficient (Wildman–Crippen LogP) is 3.72. The van der Waals surface area contributed by atoms with Crippen molar-refractivity contribution in [2.24, 2.45) is 0 Å². The molecule has 0 saturated carbocycles. The van der Waals surface area contributed by atoms with Gasteiger partial charge in [0.1, 0.15) is 0 Å². The maximum atomic E-state index is 12.5. The Hall–Kier alpha value is -2.09. The lowest BCUT2D eigenvalue weighted by Crippen LogP contribution is -2.09. The largest absolute Gasteiger partial charge is 0.501 e. The fourth-order valence-corrected chi connectivity index (χ4v) is 2.33. The molecule has 2 heteroatoms. The first kappa shape index (κ1) is 11.0. The van der Waals surface area contributed by atoms with Gasteiger partial charge < -0.3 is 4.74 Å². The highest BCUT2D eigenvalue weighted by Gasteiger charge is 2.17. The normalized spacial score (nSPS) is 15.0. The zero-order chi connectivity index (χ0) is 12.4. The molecule has 0 saturated heterocycles. The van der Waals surface area contributed by atoms with Crippen LogP contribution in [0, 0.1) is 0 Å². The van der Waals surface area contributed by atoms with Gasteiger partial charge in [-0.1, -0.05) is 42.5 Å². The number of hydrogen-bond acceptors (Lipinski definition) is 2. The lowest BCUT2D eigenvalue weighted by Gasteiger charge is -2.13. The molecule has 3 rings (SSSR count). The molecule has 1 aliphatic rings. The van der Waals surface area contributed by atoms with Gasteiger partial charge in [-0.2, -0.15) is 0 Å². The maximum absolute atomic E-state index is 12.5. The number of hydrogen-bond donors (Lipinski definition) is 0. The van der Waals surface area contributed by atoms with E-state index in [0.29, 0.717) is 6.61 Å². The van der Waals surface area contributed by atoms with Crippen LogP contribution in [0.1, 0.15) is 23.2 Å². The molecular weight excluding hydrogens is 224 g/mol. The third kappa shape index (κ3) is 1.90. The van der Waals surface area contributed by atoms with Gasteiger partial charge in [-0.05, 0) is 23.6 Å². The molecule has 0 bridgehead atoms. The number of benzene rings is 2. The third-order valence-electron chi connectivity index (χ3n) is 3.26. The van der Waals surface area contributed by atoms with E-state index in [0.717, 1.165) is 34.8 Å². The second kappa shape index (κ2) is 4.65. The maximum Gasteiger partial charge on any atom is 0.192 e. The van der Waals surface area contributed by atoms with Gasteiger partial charge >= 0.3 is 0 Å². The van der Waals surface area contributed by atoms with Crippen molar-refractivity contribution < 1.29 is 9.53 Å².